The second-order valence-electron chi connectivity index (χ2n) is 5.08. The van der Waals surface area contributed by atoms with Crippen molar-refractivity contribution >= 4 is 0 Å². The van der Waals surface area contributed by atoms with Crippen LogP contribution in [0.1, 0.15) is 64.9 Å². The van der Waals surface area contributed by atoms with E-state index in [-0.39, 0.29) is 21.7 Å². The Hall–Kier alpha value is -0.516. The Labute approximate surface area is 170 Å². The second-order valence-corrected chi connectivity index (χ2v) is 5.08. The predicted octanol–water partition coefficient (Wildman–Crippen LogP) is 4.21. The summed E-state index contributed by atoms with van der Waals surface area (Å²) >= 11 is 0. The van der Waals surface area contributed by atoms with Crippen molar-refractivity contribution in [3.05, 3.63) is 36.8 Å². The maximum absolute atomic E-state index is 8.07. The molecule has 0 atom stereocenters. The number of aliphatic hydroxyl groups excluding tert-OH is 3. The molecule has 1 aromatic carbocycles. The Balaban J connectivity index is -0.000000122. The minimum atomic E-state index is 0. The molecule has 0 amide bonds. The number of unbranched alkanes of at least 4 members (excludes halogenated alkanes) is 3. The normalized spacial score (nSPS) is 8.28. The first-order chi connectivity index (χ1) is 11.6. The third-order valence-electron chi connectivity index (χ3n) is 2.69. The molecule has 0 spiro atoms. The summed E-state index contributed by atoms with van der Waals surface area (Å²) in [5.41, 5.74) is 1.01. The Morgan fingerprint density at radius 3 is 1.24 bits per heavy atom. The SMILES string of the molecule is CCCCO.CCCCO.CCCCO.[CH2-]c1ccc(OC)cc1.[Ti]. The molecule has 148 valence electrons. The minimum Gasteiger partial charge on any atom is -0.499 e. The van der Waals surface area contributed by atoms with E-state index in [2.05, 4.69) is 27.7 Å². The molecule has 0 radical (unpaired) electrons. The van der Waals surface area contributed by atoms with E-state index >= 15 is 0 Å². The van der Waals surface area contributed by atoms with Gasteiger partial charge in [0.05, 0.1) is 12.9 Å². The number of methoxy groups -OCH3 is 1. The third-order valence-corrected chi connectivity index (χ3v) is 2.69. The molecule has 0 bridgehead atoms. The maximum atomic E-state index is 8.07. The van der Waals surface area contributed by atoms with Gasteiger partial charge in [-0.15, -0.1) is 0 Å². The predicted molar refractivity (Wildman–Crippen MR) is 103 cm³/mol. The number of hydrogen-bond acceptors (Lipinski definition) is 4. The van der Waals surface area contributed by atoms with Crippen molar-refractivity contribution in [3.63, 3.8) is 0 Å². The number of aliphatic hydroxyl groups is 3. The molecule has 4 nitrogen and oxygen atoms in total. The largest absolute Gasteiger partial charge is 0.499 e. The fraction of sp³-hybridized carbons (Fsp3) is 0.650. The molecule has 0 aromatic heterocycles. The zero-order chi connectivity index (χ0) is 19.1. The smallest absolute Gasteiger partial charge is 0.0943 e. The zero-order valence-electron chi connectivity index (χ0n) is 16.6. The van der Waals surface area contributed by atoms with E-state index in [0.29, 0.717) is 19.8 Å². The summed E-state index contributed by atoms with van der Waals surface area (Å²) in [4.78, 5) is 0. The van der Waals surface area contributed by atoms with E-state index in [9.17, 15) is 0 Å². The first-order valence-corrected chi connectivity index (χ1v) is 8.86. The van der Waals surface area contributed by atoms with Gasteiger partial charge in [-0.25, -0.2) is 0 Å². The van der Waals surface area contributed by atoms with Crippen molar-refractivity contribution in [2.45, 2.75) is 59.3 Å². The van der Waals surface area contributed by atoms with Crippen LogP contribution in [0.3, 0.4) is 0 Å². The molecule has 0 aliphatic heterocycles. The molecule has 3 N–H and O–H groups in total. The molecule has 1 rings (SSSR count). The summed E-state index contributed by atoms with van der Waals surface area (Å²) in [5, 5.41) is 24.2. The van der Waals surface area contributed by atoms with Gasteiger partial charge in [0.1, 0.15) is 0 Å². The van der Waals surface area contributed by atoms with Gasteiger partial charge in [-0.1, -0.05) is 52.2 Å². The van der Waals surface area contributed by atoms with Gasteiger partial charge in [-0.05, 0) is 19.3 Å². The Kier molecular flexibility index (Phi) is 40.3. The van der Waals surface area contributed by atoms with E-state index in [0.717, 1.165) is 49.8 Å². The molecular formula is C20H39O4Ti-. The van der Waals surface area contributed by atoms with Crippen molar-refractivity contribution in [1.29, 1.82) is 0 Å². The molecule has 5 heteroatoms. The van der Waals surface area contributed by atoms with Gasteiger partial charge in [0.15, 0.2) is 0 Å². The van der Waals surface area contributed by atoms with Crippen molar-refractivity contribution in [3.8, 4) is 5.75 Å². The van der Waals surface area contributed by atoms with Crippen LogP contribution in [0.4, 0.5) is 0 Å². The van der Waals surface area contributed by atoms with Crippen LogP contribution in [-0.4, -0.2) is 42.3 Å². The number of hydrogen-bond donors (Lipinski definition) is 3. The van der Waals surface area contributed by atoms with Crippen LogP contribution in [-0.2, 0) is 21.7 Å². The summed E-state index contributed by atoms with van der Waals surface area (Å²) in [6.45, 7) is 10.9. The van der Waals surface area contributed by atoms with E-state index < -0.39 is 0 Å². The first kappa shape index (κ1) is 32.2. The third kappa shape index (κ3) is 35.5. The molecule has 25 heavy (non-hydrogen) atoms. The fourth-order valence-electron chi connectivity index (χ4n) is 1.10. The van der Waals surface area contributed by atoms with Crippen LogP contribution in [0.25, 0.3) is 0 Å². The fourth-order valence-corrected chi connectivity index (χ4v) is 1.10. The molecule has 0 heterocycles. The number of rotatable bonds is 7. The minimum absolute atomic E-state index is 0. The van der Waals surface area contributed by atoms with Crippen molar-refractivity contribution in [1.82, 2.24) is 0 Å². The molecule has 0 fully saturated rings. The van der Waals surface area contributed by atoms with Crippen molar-refractivity contribution < 1.29 is 41.8 Å². The van der Waals surface area contributed by atoms with Crippen LogP contribution in [0.5, 0.6) is 5.75 Å². The van der Waals surface area contributed by atoms with Gasteiger partial charge < -0.3 is 20.1 Å². The van der Waals surface area contributed by atoms with E-state index in [1.54, 1.807) is 7.11 Å². The van der Waals surface area contributed by atoms with E-state index in [1.165, 1.54) is 0 Å². The van der Waals surface area contributed by atoms with Crippen LogP contribution < -0.4 is 4.74 Å². The molecule has 0 saturated heterocycles. The molecule has 0 unspecified atom stereocenters. The topological polar surface area (TPSA) is 69.9 Å². The summed E-state index contributed by atoms with van der Waals surface area (Å²) in [7, 11) is 1.65. The van der Waals surface area contributed by atoms with Gasteiger partial charge in [0.2, 0.25) is 0 Å². The number of benzene rings is 1. The van der Waals surface area contributed by atoms with Crippen LogP contribution in [0.2, 0.25) is 0 Å². The molecule has 1 aromatic rings. The molecule has 0 saturated carbocycles. The van der Waals surface area contributed by atoms with Gasteiger partial charge >= 0.3 is 0 Å². The van der Waals surface area contributed by atoms with Crippen LogP contribution in [0.15, 0.2) is 24.3 Å². The average Bonchev–Trinajstić information content (AvgIpc) is 2.59. The summed E-state index contributed by atoms with van der Waals surface area (Å²) in [5.74, 6) is 0.877. The van der Waals surface area contributed by atoms with Crippen LogP contribution in [0, 0.1) is 6.92 Å². The van der Waals surface area contributed by atoms with E-state index in [4.69, 9.17) is 20.1 Å². The second kappa shape index (κ2) is 31.3. The molecule has 0 aliphatic rings. The van der Waals surface area contributed by atoms with Gasteiger partial charge in [0, 0.05) is 41.5 Å². The van der Waals surface area contributed by atoms with Crippen molar-refractivity contribution in [2.75, 3.05) is 26.9 Å². The zero-order valence-corrected chi connectivity index (χ0v) is 18.2. The van der Waals surface area contributed by atoms with E-state index in [1.807, 2.05) is 24.3 Å². The van der Waals surface area contributed by atoms with Gasteiger partial charge in [0.25, 0.3) is 0 Å². The van der Waals surface area contributed by atoms with Crippen LogP contribution >= 0.6 is 0 Å². The maximum Gasteiger partial charge on any atom is 0.0943 e. The quantitative estimate of drug-likeness (QED) is 0.481. The Bertz CT molecular complexity index is 285. The molecular weight excluding hydrogens is 352 g/mol. The summed E-state index contributed by atoms with van der Waals surface area (Å²) < 4.78 is 4.94. The monoisotopic (exact) mass is 391 g/mol. The summed E-state index contributed by atoms with van der Waals surface area (Å²) in [6.07, 6.45) is 6.11. The average molecular weight is 391 g/mol. The van der Waals surface area contributed by atoms with Crippen molar-refractivity contribution in [2.24, 2.45) is 0 Å². The van der Waals surface area contributed by atoms with Gasteiger partial charge in [-0.2, -0.15) is 24.6 Å². The standard InChI is InChI=1S/C8H9O.3C4H10O.Ti/c1-7-3-5-8(9-2)6-4-7;3*1-2-3-4-5;/h3-6H,1H2,2H3;3*5H,2-4H2,1H3;/q-1;;;;. The first-order valence-electron chi connectivity index (χ1n) is 8.86. The number of ether oxygens (including phenoxy) is 1. The Morgan fingerprint density at radius 2 is 1.08 bits per heavy atom. The Morgan fingerprint density at radius 1 is 0.760 bits per heavy atom. The van der Waals surface area contributed by atoms with Gasteiger partial charge in [-0.3, -0.25) is 0 Å². The molecule has 0 aliphatic carbocycles. The summed E-state index contributed by atoms with van der Waals surface area (Å²) in [6, 6.07) is 7.61.